The van der Waals surface area contributed by atoms with Gasteiger partial charge in [0.2, 0.25) is 5.91 Å². The third-order valence-corrected chi connectivity index (χ3v) is 6.17. The van der Waals surface area contributed by atoms with E-state index in [0.29, 0.717) is 38.3 Å². The molecule has 4 rings (SSSR count). The van der Waals surface area contributed by atoms with Crippen LogP contribution in [0.2, 0.25) is 0 Å². The maximum atomic E-state index is 13.2. The molecule has 8 heteroatoms. The largest absolute Gasteiger partial charge is 0.469 e. The highest BCUT2D eigenvalue weighted by Crippen LogP contribution is 2.21. The molecule has 8 nitrogen and oxygen atoms in total. The van der Waals surface area contributed by atoms with Gasteiger partial charge in [-0.15, -0.1) is 0 Å². The SMILES string of the molecule is COC(=O)C1CCN(C(=O)CCn2c(=O)c(N3CCCC3)nc3ccccc32)CC1. The number of anilines is 1. The molecule has 0 aliphatic carbocycles. The number of hydrogen-bond acceptors (Lipinski definition) is 6. The van der Waals surface area contributed by atoms with E-state index >= 15 is 0 Å². The highest BCUT2D eigenvalue weighted by molar-refractivity contribution is 5.79. The topological polar surface area (TPSA) is 84.7 Å². The van der Waals surface area contributed by atoms with Crippen LogP contribution in [-0.2, 0) is 20.9 Å². The van der Waals surface area contributed by atoms with Crippen LogP contribution >= 0.6 is 0 Å². The predicted octanol–water partition coefficient (Wildman–Crippen LogP) is 1.80. The number of benzene rings is 1. The van der Waals surface area contributed by atoms with Crippen molar-refractivity contribution in [2.45, 2.75) is 38.6 Å². The van der Waals surface area contributed by atoms with Gasteiger partial charge in [0.05, 0.1) is 24.1 Å². The lowest BCUT2D eigenvalue weighted by Gasteiger charge is -2.31. The Morgan fingerprint density at radius 3 is 2.50 bits per heavy atom. The van der Waals surface area contributed by atoms with Crippen molar-refractivity contribution in [2.24, 2.45) is 5.92 Å². The molecule has 2 aliphatic heterocycles. The van der Waals surface area contributed by atoms with Crippen molar-refractivity contribution in [3.63, 3.8) is 0 Å². The van der Waals surface area contributed by atoms with Crippen LogP contribution in [0.3, 0.4) is 0 Å². The van der Waals surface area contributed by atoms with Crippen molar-refractivity contribution < 1.29 is 14.3 Å². The molecule has 2 fully saturated rings. The van der Waals surface area contributed by atoms with Gasteiger partial charge < -0.3 is 19.1 Å². The zero-order chi connectivity index (χ0) is 21.1. The first-order chi connectivity index (χ1) is 14.6. The molecular weight excluding hydrogens is 384 g/mol. The summed E-state index contributed by atoms with van der Waals surface area (Å²) in [5.74, 6) is 0.159. The van der Waals surface area contributed by atoms with Gasteiger partial charge in [-0.3, -0.25) is 14.4 Å². The molecule has 2 aliphatic rings. The third-order valence-electron chi connectivity index (χ3n) is 6.17. The number of esters is 1. The maximum Gasteiger partial charge on any atom is 0.308 e. The molecule has 0 spiro atoms. The maximum absolute atomic E-state index is 13.2. The number of carbonyl (C=O) groups is 2. The van der Waals surface area contributed by atoms with E-state index in [1.165, 1.54) is 7.11 Å². The Balaban J connectivity index is 1.50. The average Bonchev–Trinajstić information content (AvgIpc) is 3.32. The number of ether oxygens (including phenoxy) is 1. The fourth-order valence-corrected chi connectivity index (χ4v) is 4.43. The summed E-state index contributed by atoms with van der Waals surface area (Å²) >= 11 is 0. The number of rotatable bonds is 5. The number of nitrogens with zero attached hydrogens (tertiary/aromatic N) is 4. The van der Waals surface area contributed by atoms with E-state index in [-0.39, 0.29) is 29.8 Å². The number of methoxy groups -OCH3 is 1. The molecule has 0 bridgehead atoms. The Kier molecular flexibility index (Phi) is 6.01. The van der Waals surface area contributed by atoms with Crippen LogP contribution in [0.1, 0.15) is 32.1 Å². The number of hydrogen-bond donors (Lipinski definition) is 0. The van der Waals surface area contributed by atoms with E-state index in [0.717, 1.165) is 37.0 Å². The molecule has 1 aromatic heterocycles. The number of carbonyl (C=O) groups excluding carboxylic acids is 2. The summed E-state index contributed by atoms with van der Waals surface area (Å²) in [6.07, 6.45) is 3.61. The molecule has 0 saturated carbocycles. The summed E-state index contributed by atoms with van der Waals surface area (Å²) in [6.45, 7) is 3.09. The fraction of sp³-hybridized carbons (Fsp3) is 0.545. The van der Waals surface area contributed by atoms with Crippen molar-refractivity contribution >= 4 is 28.7 Å². The normalized spacial score (nSPS) is 17.5. The van der Waals surface area contributed by atoms with Crippen molar-refractivity contribution in [3.05, 3.63) is 34.6 Å². The first-order valence-corrected chi connectivity index (χ1v) is 10.7. The molecule has 1 aromatic carbocycles. The first kappa shape index (κ1) is 20.4. The molecule has 1 amide bonds. The van der Waals surface area contributed by atoms with Gasteiger partial charge in [0, 0.05) is 39.1 Å². The van der Waals surface area contributed by atoms with E-state index in [1.54, 1.807) is 9.47 Å². The highest BCUT2D eigenvalue weighted by Gasteiger charge is 2.28. The van der Waals surface area contributed by atoms with Crippen LogP contribution in [0.15, 0.2) is 29.1 Å². The van der Waals surface area contributed by atoms with Gasteiger partial charge >= 0.3 is 5.97 Å². The molecule has 2 saturated heterocycles. The molecule has 0 unspecified atom stereocenters. The van der Waals surface area contributed by atoms with Gasteiger partial charge in [-0.25, -0.2) is 4.98 Å². The van der Waals surface area contributed by atoms with E-state index in [9.17, 15) is 14.4 Å². The van der Waals surface area contributed by atoms with Crippen molar-refractivity contribution in [1.29, 1.82) is 0 Å². The predicted molar refractivity (Wildman–Crippen MR) is 113 cm³/mol. The number of amides is 1. The first-order valence-electron chi connectivity index (χ1n) is 10.7. The van der Waals surface area contributed by atoms with Gasteiger partial charge in [-0.1, -0.05) is 12.1 Å². The monoisotopic (exact) mass is 412 g/mol. The molecule has 3 heterocycles. The summed E-state index contributed by atoms with van der Waals surface area (Å²) in [4.78, 5) is 46.1. The third kappa shape index (κ3) is 4.04. The zero-order valence-corrected chi connectivity index (χ0v) is 17.4. The Bertz CT molecular complexity index is 988. The van der Waals surface area contributed by atoms with Gasteiger partial charge in [0.25, 0.3) is 5.56 Å². The zero-order valence-electron chi connectivity index (χ0n) is 17.4. The molecule has 30 heavy (non-hydrogen) atoms. The van der Waals surface area contributed by atoms with E-state index in [4.69, 9.17) is 4.74 Å². The second-order valence-electron chi connectivity index (χ2n) is 8.00. The summed E-state index contributed by atoms with van der Waals surface area (Å²) < 4.78 is 6.50. The van der Waals surface area contributed by atoms with E-state index < -0.39 is 0 Å². The Morgan fingerprint density at radius 1 is 1.10 bits per heavy atom. The second kappa shape index (κ2) is 8.85. The minimum atomic E-state index is -0.202. The lowest BCUT2D eigenvalue weighted by atomic mass is 9.97. The van der Waals surface area contributed by atoms with E-state index in [1.807, 2.05) is 29.2 Å². The van der Waals surface area contributed by atoms with Crippen LogP contribution < -0.4 is 10.5 Å². The minimum Gasteiger partial charge on any atom is -0.469 e. The average molecular weight is 412 g/mol. The number of likely N-dealkylation sites (tertiary alicyclic amines) is 1. The number of aromatic nitrogens is 2. The van der Waals surface area contributed by atoms with Gasteiger partial charge in [-0.05, 0) is 37.8 Å². The van der Waals surface area contributed by atoms with Crippen LogP contribution in [0, 0.1) is 5.92 Å². The second-order valence-corrected chi connectivity index (χ2v) is 8.00. The number of para-hydroxylation sites is 2. The molecule has 0 N–H and O–H groups in total. The fourth-order valence-electron chi connectivity index (χ4n) is 4.43. The van der Waals surface area contributed by atoms with Gasteiger partial charge in [-0.2, -0.15) is 0 Å². The standard InChI is InChI=1S/C22H28N4O4/c1-30-22(29)16-8-13-24(14-9-16)19(27)10-15-26-18-7-3-2-6-17(18)23-20(21(26)28)25-11-4-5-12-25/h2-3,6-7,16H,4-5,8-15H2,1H3. The molecule has 2 aromatic rings. The van der Waals surface area contributed by atoms with Crippen LogP contribution in [-0.4, -0.2) is 59.6 Å². The van der Waals surface area contributed by atoms with Crippen LogP contribution in [0.5, 0.6) is 0 Å². The number of piperidine rings is 1. The summed E-state index contributed by atoms with van der Waals surface area (Å²) in [5, 5.41) is 0. The highest BCUT2D eigenvalue weighted by atomic mass is 16.5. The van der Waals surface area contributed by atoms with Crippen molar-refractivity contribution in [2.75, 3.05) is 38.2 Å². The van der Waals surface area contributed by atoms with Crippen LogP contribution in [0.4, 0.5) is 5.82 Å². The van der Waals surface area contributed by atoms with Crippen molar-refractivity contribution in [1.82, 2.24) is 14.5 Å². The van der Waals surface area contributed by atoms with E-state index in [2.05, 4.69) is 4.98 Å². The smallest absolute Gasteiger partial charge is 0.308 e. The summed E-state index contributed by atoms with van der Waals surface area (Å²) in [5.41, 5.74) is 1.39. The Hall–Kier alpha value is -2.90. The minimum absolute atomic E-state index is 0.00818. The van der Waals surface area contributed by atoms with Gasteiger partial charge in [0.15, 0.2) is 5.82 Å². The molecular formula is C22H28N4O4. The summed E-state index contributed by atoms with van der Waals surface area (Å²) in [6, 6.07) is 7.58. The van der Waals surface area contributed by atoms with Crippen molar-refractivity contribution in [3.8, 4) is 0 Å². The van der Waals surface area contributed by atoms with Gasteiger partial charge in [0.1, 0.15) is 0 Å². The number of fused-ring (bicyclic) bond motifs is 1. The molecule has 0 radical (unpaired) electrons. The quantitative estimate of drug-likeness (QED) is 0.697. The Morgan fingerprint density at radius 2 is 1.80 bits per heavy atom. The Labute approximate surface area is 175 Å². The molecule has 160 valence electrons. The van der Waals surface area contributed by atoms with Crippen LogP contribution in [0.25, 0.3) is 11.0 Å². The lowest BCUT2D eigenvalue weighted by molar-refractivity contribution is -0.148. The lowest BCUT2D eigenvalue weighted by Crippen LogP contribution is -2.41. The number of aryl methyl sites for hydroxylation is 1. The summed E-state index contributed by atoms with van der Waals surface area (Å²) in [7, 11) is 1.40. The molecule has 0 atom stereocenters.